The lowest BCUT2D eigenvalue weighted by atomic mass is 9.95. The van der Waals surface area contributed by atoms with Gasteiger partial charge < -0.3 is 14.2 Å². The molecule has 2 aromatic rings. The molecule has 7 nitrogen and oxygen atoms in total. The van der Waals surface area contributed by atoms with Gasteiger partial charge in [0.05, 0.1) is 12.1 Å². The highest BCUT2D eigenvalue weighted by molar-refractivity contribution is 5.78. The molecule has 1 saturated heterocycles. The lowest BCUT2D eigenvalue weighted by Gasteiger charge is -2.32. The highest BCUT2D eigenvalue weighted by Crippen LogP contribution is 2.29. The molecule has 0 N–H and O–H groups in total. The van der Waals surface area contributed by atoms with E-state index in [4.69, 9.17) is 4.52 Å². The van der Waals surface area contributed by atoms with Crippen molar-refractivity contribution < 1.29 is 22.8 Å². The van der Waals surface area contributed by atoms with Gasteiger partial charge in [-0.15, -0.1) is 0 Å². The Morgan fingerprint density at radius 1 is 1.33 bits per heavy atom. The van der Waals surface area contributed by atoms with E-state index in [9.17, 15) is 13.6 Å². The number of hydrogen-bond acceptors (Lipinski definition) is 6. The lowest BCUT2D eigenvalue weighted by Crippen LogP contribution is -2.41. The van der Waals surface area contributed by atoms with Crippen molar-refractivity contribution in [3.05, 3.63) is 30.2 Å². The molecule has 30 heavy (non-hydrogen) atoms. The van der Waals surface area contributed by atoms with Crippen molar-refractivity contribution in [3.8, 4) is 17.1 Å². The fourth-order valence-electron chi connectivity index (χ4n) is 3.63. The number of nitrogens with zero attached hydrogens (tertiary/aromatic N) is 4. The van der Waals surface area contributed by atoms with Gasteiger partial charge in [-0.1, -0.05) is 30.6 Å². The number of para-hydroxylation sites is 1. The van der Waals surface area contributed by atoms with E-state index in [1.807, 2.05) is 11.9 Å². The number of halogens is 2. The van der Waals surface area contributed by atoms with Crippen LogP contribution in [0.4, 0.5) is 8.78 Å². The molecule has 3 rings (SSSR count). The summed E-state index contributed by atoms with van der Waals surface area (Å²) in [7, 11) is 1.87. The molecule has 0 unspecified atom stereocenters. The highest BCUT2D eigenvalue weighted by Gasteiger charge is 2.28. The Hall–Kier alpha value is -2.55. The van der Waals surface area contributed by atoms with Gasteiger partial charge in [-0.2, -0.15) is 13.8 Å². The Morgan fingerprint density at radius 3 is 2.77 bits per heavy atom. The summed E-state index contributed by atoms with van der Waals surface area (Å²) in [6.45, 7) is 1.97. The minimum Gasteiger partial charge on any atom is -0.434 e. The number of rotatable bonds is 9. The van der Waals surface area contributed by atoms with Crippen LogP contribution in [-0.4, -0.2) is 59.1 Å². The molecule has 0 bridgehead atoms. The van der Waals surface area contributed by atoms with E-state index in [2.05, 4.69) is 26.7 Å². The van der Waals surface area contributed by atoms with E-state index in [-0.39, 0.29) is 23.4 Å². The number of alkyl halides is 2. The fraction of sp³-hybridized carbons (Fsp3) is 0.571. The maximum atomic E-state index is 12.6. The van der Waals surface area contributed by atoms with Crippen LogP contribution in [-0.2, 0) is 11.3 Å². The van der Waals surface area contributed by atoms with Crippen LogP contribution in [0.3, 0.4) is 0 Å². The number of likely N-dealkylation sites (tertiary alicyclic amines) is 1. The summed E-state index contributed by atoms with van der Waals surface area (Å²) in [5.74, 6) is 0.899. The molecule has 1 aliphatic rings. The summed E-state index contributed by atoms with van der Waals surface area (Å²) in [4.78, 5) is 20.9. The first-order valence-electron chi connectivity index (χ1n) is 10.3. The zero-order chi connectivity index (χ0) is 21.5. The van der Waals surface area contributed by atoms with Crippen molar-refractivity contribution in [2.75, 3.05) is 26.7 Å². The number of aromatic nitrogens is 2. The number of piperidine rings is 1. The Kier molecular flexibility index (Phi) is 7.73. The number of carbonyl (C=O) groups excluding carboxylic acids is 1. The SMILES string of the molecule is CCCCN(C)C(=O)C1CCN(Cc2nc(-c3ccccc3OC(F)F)no2)CC1. The smallest absolute Gasteiger partial charge is 0.387 e. The second-order valence-electron chi connectivity index (χ2n) is 7.55. The number of hydrogen-bond donors (Lipinski definition) is 0. The zero-order valence-electron chi connectivity index (χ0n) is 17.4. The molecule has 1 aliphatic heterocycles. The molecule has 1 aromatic heterocycles. The molecular weight excluding hydrogens is 394 g/mol. The maximum Gasteiger partial charge on any atom is 0.387 e. The van der Waals surface area contributed by atoms with Gasteiger partial charge in [0.2, 0.25) is 17.6 Å². The first-order valence-corrected chi connectivity index (χ1v) is 10.3. The predicted octanol–water partition coefficient (Wildman–Crippen LogP) is 3.81. The maximum absolute atomic E-state index is 12.6. The zero-order valence-corrected chi connectivity index (χ0v) is 17.4. The van der Waals surface area contributed by atoms with Crippen LogP contribution < -0.4 is 4.74 Å². The highest BCUT2D eigenvalue weighted by atomic mass is 19.3. The van der Waals surface area contributed by atoms with E-state index in [0.717, 1.165) is 45.3 Å². The van der Waals surface area contributed by atoms with E-state index in [1.54, 1.807) is 18.2 Å². The second kappa shape index (κ2) is 10.5. The molecule has 0 atom stereocenters. The Balaban J connectivity index is 1.55. The lowest BCUT2D eigenvalue weighted by molar-refractivity contribution is -0.135. The summed E-state index contributed by atoms with van der Waals surface area (Å²) >= 11 is 0. The third kappa shape index (κ3) is 5.75. The Labute approximate surface area is 175 Å². The van der Waals surface area contributed by atoms with Crippen molar-refractivity contribution in [2.45, 2.75) is 45.8 Å². The molecule has 1 fully saturated rings. The number of amides is 1. The van der Waals surface area contributed by atoms with Gasteiger partial charge in [0.1, 0.15) is 5.75 Å². The number of benzene rings is 1. The summed E-state index contributed by atoms with van der Waals surface area (Å²) in [6.07, 6.45) is 3.68. The summed E-state index contributed by atoms with van der Waals surface area (Å²) in [5.41, 5.74) is 0.354. The van der Waals surface area contributed by atoms with E-state index in [0.29, 0.717) is 18.0 Å². The Morgan fingerprint density at radius 2 is 2.07 bits per heavy atom. The van der Waals surface area contributed by atoms with Crippen molar-refractivity contribution >= 4 is 5.91 Å². The molecule has 1 amide bonds. The third-order valence-corrected chi connectivity index (χ3v) is 5.33. The minimum absolute atomic E-state index is 0.00590. The van der Waals surface area contributed by atoms with Crippen molar-refractivity contribution in [2.24, 2.45) is 5.92 Å². The van der Waals surface area contributed by atoms with Crippen LogP contribution >= 0.6 is 0 Å². The monoisotopic (exact) mass is 422 g/mol. The Bertz CT molecular complexity index is 822. The van der Waals surface area contributed by atoms with Gasteiger partial charge >= 0.3 is 6.61 Å². The van der Waals surface area contributed by atoms with Crippen LogP contribution in [0.15, 0.2) is 28.8 Å². The molecule has 1 aromatic carbocycles. The largest absolute Gasteiger partial charge is 0.434 e. The van der Waals surface area contributed by atoms with Gasteiger partial charge in [0, 0.05) is 19.5 Å². The summed E-state index contributed by atoms with van der Waals surface area (Å²) in [6, 6.07) is 6.35. The first-order chi connectivity index (χ1) is 14.5. The van der Waals surface area contributed by atoms with E-state index in [1.165, 1.54) is 6.07 Å². The molecular formula is C21H28F2N4O3. The van der Waals surface area contributed by atoms with Crippen LogP contribution in [0.5, 0.6) is 5.75 Å². The van der Waals surface area contributed by atoms with Crippen LogP contribution in [0.25, 0.3) is 11.4 Å². The second-order valence-corrected chi connectivity index (χ2v) is 7.55. The van der Waals surface area contributed by atoms with Gasteiger partial charge in [-0.25, -0.2) is 0 Å². The molecule has 2 heterocycles. The summed E-state index contributed by atoms with van der Waals surface area (Å²) < 4.78 is 35.1. The minimum atomic E-state index is -2.93. The molecule has 0 spiro atoms. The quantitative estimate of drug-likeness (QED) is 0.612. The van der Waals surface area contributed by atoms with E-state index >= 15 is 0 Å². The third-order valence-electron chi connectivity index (χ3n) is 5.33. The van der Waals surface area contributed by atoms with Crippen LogP contribution in [0, 0.1) is 5.92 Å². The fourth-order valence-corrected chi connectivity index (χ4v) is 3.63. The molecule has 0 saturated carbocycles. The number of ether oxygens (including phenoxy) is 1. The van der Waals surface area contributed by atoms with Gasteiger partial charge in [-0.05, 0) is 44.5 Å². The van der Waals surface area contributed by atoms with Crippen molar-refractivity contribution in [1.82, 2.24) is 19.9 Å². The molecule has 0 radical (unpaired) electrons. The normalized spacial score (nSPS) is 15.5. The van der Waals surface area contributed by atoms with Crippen LogP contribution in [0.2, 0.25) is 0 Å². The van der Waals surface area contributed by atoms with E-state index < -0.39 is 6.61 Å². The first kappa shape index (κ1) is 22.1. The van der Waals surface area contributed by atoms with Crippen LogP contribution in [0.1, 0.15) is 38.5 Å². The van der Waals surface area contributed by atoms with Gasteiger partial charge in [-0.3, -0.25) is 9.69 Å². The number of carbonyl (C=O) groups is 1. The average Bonchev–Trinajstić information content (AvgIpc) is 3.20. The number of unbranched alkanes of at least 4 members (excludes halogenated alkanes) is 1. The molecule has 9 heteroatoms. The topological polar surface area (TPSA) is 71.7 Å². The average molecular weight is 422 g/mol. The van der Waals surface area contributed by atoms with Crippen molar-refractivity contribution in [3.63, 3.8) is 0 Å². The summed E-state index contributed by atoms with van der Waals surface area (Å²) in [5, 5.41) is 3.92. The van der Waals surface area contributed by atoms with Crippen molar-refractivity contribution in [1.29, 1.82) is 0 Å². The standard InChI is InChI=1S/C21H28F2N4O3/c1-3-4-11-26(2)20(28)15-9-12-27(13-10-15)14-18-24-19(25-30-18)16-7-5-6-8-17(16)29-21(22)23/h5-8,15,21H,3-4,9-14H2,1-2H3. The predicted molar refractivity (Wildman–Crippen MR) is 107 cm³/mol. The van der Waals surface area contributed by atoms with Gasteiger partial charge in [0.15, 0.2) is 0 Å². The molecule has 0 aliphatic carbocycles. The molecule has 164 valence electrons. The van der Waals surface area contributed by atoms with Gasteiger partial charge in [0.25, 0.3) is 0 Å².